The number of nitrogens with zero attached hydrogens (tertiary/aromatic N) is 5. The number of aryl methyl sites for hydroxylation is 2. The minimum Gasteiger partial charge on any atom is -0.447 e. The summed E-state index contributed by atoms with van der Waals surface area (Å²) in [6.07, 6.45) is 6.76. The predicted octanol–water partition coefficient (Wildman–Crippen LogP) is -1.30. The summed E-state index contributed by atoms with van der Waals surface area (Å²) in [7, 11) is 0. The molecule has 2 atom stereocenters. The van der Waals surface area contributed by atoms with E-state index in [-0.39, 0.29) is 30.9 Å². The van der Waals surface area contributed by atoms with Crippen LogP contribution >= 0.6 is 0 Å². The second-order valence-corrected chi connectivity index (χ2v) is 4.79. The molecule has 0 amide bonds. The molecule has 0 spiro atoms. The van der Waals surface area contributed by atoms with Gasteiger partial charge in [0.1, 0.15) is 5.69 Å². The van der Waals surface area contributed by atoms with Gasteiger partial charge in [0.2, 0.25) is 0 Å². The van der Waals surface area contributed by atoms with Gasteiger partial charge < -0.3 is 15.0 Å². The third kappa shape index (κ3) is 4.69. The number of H-pyrrole nitrogens is 1. The maximum atomic E-state index is 4.49. The number of rotatable bonds is 5. The van der Waals surface area contributed by atoms with Gasteiger partial charge in [-0.1, -0.05) is 12.0 Å². The summed E-state index contributed by atoms with van der Waals surface area (Å²) in [5.41, 5.74) is 3.59. The van der Waals surface area contributed by atoms with Crippen molar-refractivity contribution in [3.05, 3.63) is 35.4 Å². The zero-order valence-corrected chi connectivity index (χ0v) is 13.2. The molecule has 2 rings (SSSR count). The van der Waals surface area contributed by atoms with Crippen LogP contribution in [0.15, 0.2) is 22.6 Å². The van der Waals surface area contributed by atoms with Crippen molar-refractivity contribution < 1.29 is 18.9 Å². The molecule has 2 heterocycles. The molecule has 21 heavy (non-hydrogen) atoms. The number of aliphatic imine (C=N–C) groups is 2. The maximum Gasteiger partial charge on any atom is 1.00 e. The van der Waals surface area contributed by atoms with Gasteiger partial charge in [0, 0.05) is 18.1 Å². The zero-order valence-electron chi connectivity index (χ0n) is 13.2. The van der Waals surface area contributed by atoms with Crippen LogP contribution in [-0.2, 0) is 0 Å². The van der Waals surface area contributed by atoms with Crippen LogP contribution in [0.4, 0.5) is 0 Å². The number of hydrogen-bond donors (Lipinski definition) is 1. The van der Waals surface area contributed by atoms with E-state index >= 15 is 0 Å². The summed E-state index contributed by atoms with van der Waals surface area (Å²) in [5.74, 6) is 0. The van der Waals surface area contributed by atoms with Crippen molar-refractivity contribution in [2.24, 2.45) is 9.98 Å². The van der Waals surface area contributed by atoms with Crippen molar-refractivity contribution in [1.82, 2.24) is 19.9 Å². The largest absolute Gasteiger partial charge is 1.00 e. The minimum atomic E-state index is 0. The second-order valence-electron chi connectivity index (χ2n) is 4.79. The smallest absolute Gasteiger partial charge is 0.447 e. The molecule has 2 aromatic rings. The van der Waals surface area contributed by atoms with E-state index in [9.17, 15) is 0 Å². The Labute approximate surface area is 136 Å². The van der Waals surface area contributed by atoms with Crippen LogP contribution in [0.5, 0.6) is 0 Å². The number of aromatic nitrogens is 4. The normalized spacial score (nSPS) is 14.5. The van der Waals surface area contributed by atoms with Gasteiger partial charge in [0.15, 0.2) is 0 Å². The summed E-state index contributed by atoms with van der Waals surface area (Å²) in [5, 5.41) is 0. The van der Waals surface area contributed by atoms with Crippen molar-refractivity contribution in [2.75, 3.05) is 0 Å². The van der Waals surface area contributed by atoms with Crippen molar-refractivity contribution in [1.29, 1.82) is 0 Å². The predicted molar refractivity (Wildman–Crippen MR) is 79.7 cm³/mol. The van der Waals surface area contributed by atoms with Gasteiger partial charge in [-0.2, -0.15) is 0 Å². The Bertz CT molecular complexity index is 558. The van der Waals surface area contributed by atoms with E-state index in [4.69, 9.17) is 0 Å². The standard InChI is InChI=1S/C14H19N6.Li/c1-9(15-5-13-11(3)17-7-19-13)10(2)16-6-14-12(4)18-8-20-14;/h5-10H,1-4H3,(H-,17,18,19,20);/q-1;+1/t9-,10-;/m0./s1. The summed E-state index contributed by atoms with van der Waals surface area (Å²) >= 11 is 0. The SMILES string of the molecule is Cc1[n-]cnc1C=N[C@@H](C)[C@H](C)N=Cc1nc[nH]c1C.[Li+]. The van der Waals surface area contributed by atoms with E-state index in [1.807, 2.05) is 27.7 Å². The molecule has 2 aromatic heterocycles. The molecule has 0 unspecified atom stereocenters. The van der Waals surface area contributed by atoms with Crippen LogP contribution in [0.2, 0.25) is 0 Å². The summed E-state index contributed by atoms with van der Waals surface area (Å²) in [4.78, 5) is 24.4. The van der Waals surface area contributed by atoms with Crippen molar-refractivity contribution in [3.8, 4) is 0 Å². The Morgan fingerprint density at radius 2 is 1.71 bits per heavy atom. The molecule has 0 aliphatic rings. The summed E-state index contributed by atoms with van der Waals surface area (Å²) < 4.78 is 0. The van der Waals surface area contributed by atoms with Crippen molar-refractivity contribution >= 4 is 12.4 Å². The second kappa shape index (κ2) is 7.96. The Hall–Kier alpha value is -1.64. The molecule has 7 heteroatoms. The Kier molecular flexibility index (Phi) is 6.60. The average Bonchev–Trinajstić information content (AvgIpc) is 3.02. The fourth-order valence-corrected chi connectivity index (χ4v) is 1.59. The Morgan fingerprint density at radius 1 is 1.10 bits per heavy atom. The molecule has 0 radical (unpaired) electrons. The molecular formula is C14H19LiN6. The van der Waals surface area contributed by atoms with E-state index in [0.29, 0.717) is 0 Å². The number of nitrogens with one attached hydrogen (secondary N) is 1. The Morgan fingerprint density at radius 3 is 2.19 bits per heavy atom. The van der Waals surface area contributed by atoms with Gasteiger partial charge >= 0.3 is 18.9 Å². The van der Waals surface area contributed by atoms with Crippen LogP contribution in [0.25, 0.3) is 0 Å². The van der Waals surface area contributed by atoms with Gasteiger partial charge in [-0.3, -0.25) is 9.98 Å². The Balaban J connectivity index is 0.00000220. The number of hydrogen-bond acceptors (Lipinski definition) is 4. The van der Waals surface area contributed by atoms with Crippen molar-refractivity contribution in [3.63, 3.8) is 0 Å². The minimum absolute atomic E-state index is 0. The molecule has 0 saturated heterocycles. The molecule has 0 bridgehead atoms. The monoisotopic (exact) mass is 278 g/mol. The molecule has 0 aliphatic carbocycles. The van der Waals surface area contributed by atoms with Crippen LogP contribution in [0.3, 0.4) is 0 Å². The number of aromatic amines is 1. The summed E-state index contributed by atoms with van der Waals surface area (Å²) in [6.45, 7) is 7.95. The van der Waals surface area contributed by atoms with E-state index in [0.717, 1.165) is 22.8 Å². The van der Waals surface area contributed by atoms with Crippen LogP contribution in [0, 0.1) is 13.8 Å². The molecule has 0 aromatic carbocycles. The molecule has 6 nitrogen and oxygen atoms in total. The van der Waals surface area contributed by atoms with Gasteiger partial charge in [-0.15, -0.1) is 0 Å². The fourth-order valence-electron chi connectivity index (χ4n) is 1.59. The van der Waals surface area contributed by atoms with Gasteiger partial charge in [-0.05, 0) is 33.4 Å². The average molecular weight is 278 g/mol. The maximum absolute atomic E-state index is 4.49. The fraction of sp³-hybridized carbons (Fsp3) is 0.429. The van der Waals surface area contributed by atoms with Crippen molar-refractivity contribution in [2.45, 2.75) is 39.8 Å². The molecule has 0 saturated carbocycles. The summed E-state index contributed by atoms with van der Waals surface area (Å²) in [6, 6.07) is 0.146. The first-order valence-electron chi connectivity index (χ1n) is 6.58. The number of imidazole rings is 2. The molecule has 1 N–H and O–H groups in total. The molecule has 0 fully saturated rings. The van der Waals surface area contributed by atoms with E-state index in [2.05, 4.69) is 29.9 Å². The van der Waals surface area contributed by atoms with E-state index < -0.39 is 0 Å². The molecule has 106 valence electrons. The van der Waals surface area contributed by atoms with Crippen LogP contribution in [0.1, 0.15) is 36.6 Å². The zero-order chi connectivity index (χ0) is 14.5. The van der Waals surface area contributed by atoms with E-state index in [1.54, 1.807) is 25.1 Å². The van der Waals surface area contributed by atoms with Gasteiger partial charge in [-0.25, -0.2) is 4.98 Å². The third-order valence-electron chi connectivity index (χ3n) is 3.25. The van der Waals surface area contributed by atoms with Crippen LogP contribution in [-0.4, -0.2) is 39.5 Å². The van der Waals surface area contributed by atoms with Crippen LogP contribution < -0.4 is 23.8 Å². The first-order chi connectivity index (χ1) is 9.58. The molecule has 0 aliphatic heterocycles. The topological polar surface area (TPSA) is 80.4 Å². The molecular weight excluding hydrogens is 259 g/mol. The van der Waals surface area contributed by atoms with Gasteiger partial charge in [0.05, 0.1) is 18.4 Å². The third-order valence-corrected chi connectivity index (χ3v) is 3.25. The first-order valence-corrected chi connectivity index (χ1v) is 6.58. The first kappa shape index (κ1) is 17.4. The van der Waals surface area contributed by atoms with Gasteiger partial charge in [0.25, 0.3) is 0 Å². The quantitative estimate of drug-likeness (QED) is 0.545. The van der Waals surface area contributed by atoms with E-state index in [1.165, 1.54) is 0 Å².